The molecule has 2 N–H and O–H groups in total. The molecule has 2 aliphatic heterocycles. The van der Waals surface area contributed by atoms with Crippen LogP contribution < -0.4 is 10.6 Å². The first-order valence-electron chi connectivity index (χ1n) is 8.33. The maximum atomic E-state index is 11.5. The van der Waals surface area contributed by atoms with Crippen molar-refractivity contribution in [3.05, 3.63) is 0 Å². The second-order valence-electron chi connectivity index (χ2n) is 6.75. The third-order valence-electron chi connectivity index (χ3n) is 4.65. The fourth-order valence-corrected chi connectivity index (χ4v) is 5.03. The van der Waals surface area contributed by atoms with Gasteiger partial charge in [-0.05, 0) is 38.3 Å². The van der Waals surface area contributed by atoms with Crippen molar-refractivity contribution in [3.63, 3.8) is 0 Å². The van der Waals surface area contributed by atoms with E-state index in [1.165, 1.54) is 25.9 Å². The minimum Gasteiger partial charge on any atom is -0.355 e. The molecular formula is C15H30N4O2S. The Hall–Kier alpha value is -0.820. The van der Waals surface area contributed by atoms with Crippen LogP contribution >= 0.6 is 0 Å². The Morgan fingerprint density at radius 1 is 1.32 bits per heavy atom. The van der Waals surface area contributed by atoms with Crippen molar-refractivity contribution in [2.24, 2.45) is 10.9 Å². The van der Waals surface area contributed by atoms with Gasteiger partial charge in [0.2, 0.25) is 0 Å². The van der Waals surface area contributed by atoms with Crippen molar-refractivity contribution in [3.8, 4) is 0 Å². The zero-order valence-corrected chi connectivity index (χ0v) is 14.8. The zero-order valence-electron chi connectivity index (χ0n) is 14.0. The lowest BCUT2D eigenvalue weighted by Crippen LogP contribution is -2.50. The van der Waals surface area contributed by atoms with Crippen LogP contribution in [0.15, 0.2) is 4.99 Å². The molecule has 2 aliphatic rings. The van der Waals surface area contributed by atoms with Crippen molar-refractivity contribution in [2.45, 2.75) is 45.2 Å². The van der Waals surface area contributed by atoms with E-state index in [1.54, 1.807) is 7.05 Å². The fraction of sp³-hybridized carbons (Fsp3) is 0.933. The van der Waals surface area contributed by atoms with Crippen molar-refractivity contribution in [1.29, 1.82) is 0 Å². The molecule has 2 heterocycles. The third kappa shape index (κ3) is 4.84. The summed E-state index contributed by atoms with van der Waals surface area (Å²) in [5.74, 6) is 1.79. The average molecular weight is 330 g/mol. The van der Waals surface area contributed by atoms with Gasteiger partial charge in [0.15, 0.2) is 15.8 Å². The smallest absolute Gasteiger partial charge is 0.191 e. The predicted octanol–water partition coefficient (Wildman–Crippen LogP) is 0.459. The summed E-state index contributed by atoms with van der Waals surface area (Å²) in [5, 5.41) is 6.63. The number of hydrogen-bond acceptors (Lipinski definition) is 4. The summed E-state index contributed by atoms with van der Waals surface area (Å²) in [4.78, 5) is 6.78. The van der Waals surface area contributed by atoms with E-state index in [9.17, 15) is 8.42 Å². The molecule has 2 unspecified atom stereocenters. The first kappa shape index (κ1) is 17.5. The van der Waals surface area contributed by atoms with Crippen LogP contribution in [0, 0.1) is 5.92 Å². The number of sulfone groups is 1. The first-order chi connectivity index (χ1) is 10.4. The van der Waals surface area contributed by atoms with E-state index in [0.717, 1.165) is 6.54 Å². The van der Waals surface area contributed by atoms with Crippen LogP contribution in [0.5, 0.6) is 0 Å². The Balaban J connectivity index is 1.84. The molecule has 2 atom stereocenters. The van der Waals surface area contributed by atoms with Gasteiger partial charge in [-0.15, -0.1) is 0 Å². The summed E-state index contributed by atoms with van der Waals surface area (Å²) in [7, 11) is -1.13. The number of nitrogens with zero attached hydrogens (tertiary/aromatic N) is 2. The summed E-state index contributed by atoms with van der Waals surface area (Å²) in [6.45, 7) is 7.71. The van der Waals surface area contributed by atoms with Gasteiger partial charge in [-0.3, -0.25) is 9.89 Å². The van der Waals surface area contributed by atoms with Crippen LogP contribution in [0.25, 0.3) is 0 Å². The van der Waals surface area contributed by atoms with Crippen molar-refractivity contribution >= 4 is 15.8 Å². The molecule has 6 nitrogen and oxygen atoms in total. The monoisotopic (exact) mass is 330 g/mol. The lowest BCUT2D eigenvalue weighted by molar-refractivity contribution is 0.192. The molecular weight excluding hydrogens is 300 g/mol. The number of guanidine groups is 1. The highest BCUT2D eigenvalue weighted by Gasteiger charge is 2.29. The normalized spacial score (nSPS) is 27.3. The quantitative estimate of drug-likeness (QED) is 0.566. The van der Waals surface area contributed by atoms with E-state index < -0.39 is 9.84 Å². The predicted molar refractivity (Wildman–Crippen MR) is 91.0 cm³/mol. The van der Waals surface area contributed by atoms with E-state index in [0.29, 0.717) is 24.3 Å². The Kier molecular flexibility index (Phi) is 6.09. The van der Waals surface area contributed by atoms with Crippen molar-refractivity contribution < 1.29 is 8.42 Å². The molecule has 0 spiro atoms. The van der Waals surface area contributed by atoms with Crippen molar-refractivity contribution in [2.75, 3.05) is 38.2 Å². The number of aliphatic imine (C=N–C) groups is 1. The molecule has 2 saturated heterocycles. The molecule has 0 saturated carbocycles. The van der Waals surface area contributed by atoms with E-state index in [4.69, 9.17) is 0 Å². The van der Waals surface area contributed by atoms with Crippen LogP contribution in [0.4, 0.5) is 0 Å². The van der Waals surface area contributed by atoms with E-state index >= 15 is 0 Å². The number of hydrogen-bond donors (Lipinski definition) is 2. The van der Waals surface area contributed by atoms with Gasteiger partial charge < -0.3 is 10.6 Å². The Morgan fingerprint density at radius 2 is 2.00 bits per heavy atom. The van der Waals surface area contributed by atoms with Gasteiger partial charge in [-0.1, -0.05) is 13.8 Å². The molecule has 22 heavy (non-hydrogen) atoms. The van der Waals surface area contributed by atoms with Gasteiger partial charge in [0.1, 0.15) is 0 Å². The van der Waals surface area contributed by atoms with E-state index in [-0.39, 0.29) is 17.5 Å². The SMILES string of the molecule is CN=C(NCC(C(C)C)N1CCCC1)NC1CCS(=O)(=O)C1. The summed E-state index contributed by atoms with van der Waals surface area (Å²) in [5.41, 5.74) is 0. The second-order valence-corrected chi connectivity index (χ2v) is 8.98. The Bertz CT molecular complexity index is 484. The van der Waals surface area contributed by atoms with Crippen LogP contribution in [-0.2, 0) is 9.84 Å². The van der Waals surface area contributed by atoms with Gasteiger partial charge in [0, 0.05) is 25.7 Å². The molecule has 7 heteroatoms. The number of likely N-dealkylation sites (tertiary alicyclic amines) is 1. The van der Waals surface area contributed by atoms with Gasteiger partial charge in [-0.2, -0.15) is 0 Å². The molecule has 0 radical (unpaired) electrons. The van der Waals surface area contributed by atoms with Crippen LogP contribution in [0.1, 0.15) is 33.1 Å². The molecule has 0 bridgehead atoms. The van der Waals surface area contributed by atoms with Gasteiger partial charge in [0.25, 0.3) is 0 Å². The molecule has 0 amide bonds. The minimum absolute atomic E-state index is 0.0134. The first-order valence-corrected chi connectivity index (χ1v) is 10.1. The number of nitrogens with one attached hydrogen (secondary N) is 2. The third-order valence-corrected chi connectivity index (χ3v) is 6.42. The highest BCUT2D eigenvalue weighted by molar-refractivity contribution is 7.91. The molecule has 0 aliphatic carbocycles. The lowest BCUT2D eigenvalue weighted by Gasteiger charge is -2.31. The van der Waals surface area contributed by atoms with E-state index in [2.05, 4.69) is 34.4 Å². The maximum absolute atomic E-state index is 11.5. The topological polar surface area (TPSA) is 73.8 Å². The molecule has 0 aromatic carbocycles. The maximum Gasteiger partial charge on any atom is 0.191 e. The summed E-state index contributed by atoms with van der Waals surface area (Å²) in [6, 6.07) is 0.480. The molecule has 0 aromatic heterocycles. The minimum atomic E-state index is -2.86. The highest BCUT2D eigenvalue weighted by Crippen LogP contribution is 2.17. The lowest BCUT2D eigenvalue weighted by atomic mass is 10.0. The number of rotatable bonds is 5. The van der Waals surface area contributed by atoms with Crippen molar-refractivity contribution in [1.82, 2.24) is 15.5 Å². The summed E-state index contributed by atoms with van der Waals surface area (Å²) in [6.07, 6.45) is 3.25. The second kappa shape index (κ2) is 7.64. The van der Waals surface area contributed by atoms with Crippen LogP contribution in [0.3, 0.4) is 0 Å². The molecule has 0 aromatic rings. The van der Waals surface area contributed by atoms with Gasteiger partial charge >= 0.3 is 0 Å². The van der Waals surface area contributed by atoms with Crippen LogP contribution in [0.2, 0.25) is 0 Å². The van der Waals surface area contributed by atoms with Gasteiger partial charge in [-0.25, -0.2) is 8.42 Å². The Labute approximate surface area is 134 Å². The van der Waals surface area contributed by atoms with E-state index in [1.807, 2.05) is 0 Å². The standard InChI is InChI=1S/C15H30N4O2S/c1-12(2)14(19-7-4-5-8-19)10-17-15(16-3)18-13-6-9-22(20,21)11-13/h12-14H,4-11H2,1-3H3,(H2,16,17,18). The van der Waals surface area contributed by atoms with Crippen LogP contribution in [-0.4, -0.2) is 69.5 Å². The fourth-order valence-electron chi connectivity index (χ4n) is 3.36. The zero-order chi connectivity index (χ0) is 16.2. The largest absolute Gasteiger partial charge is 0.355 e. The van der Waals surface area contributed by atoms with Gasteiger partial charge in [0.05, 0.1) is 11.5 Å². The summed E-state index contributed by atoms with van der Waals surface area (Å²) < 4.78 is 23.1. The Morgan fingerprint density at radius 3 is 2.50 bits per heavy atom. The molecule has 128 valence electrons. The average Bonchev–Trinajstić information content (AvgIpc) is 3.07. The summed E-state index contributed by atoms with van der Waals surface area (Å²) >= 11 is 0. The molecule has 2 rings (SSSR count). The molecule has 2 fully saturated rings. The highest BCUT2D eigenvalue weighted by atomic mass is 32.2.